The summed E-state index contributed by atoms with van der Waals surface area (Å²) in [6.07, 6.45) is -4.42. The van der Waals surface area contributed by atoms with E-state index >= 15 is 0 Å². The first-order valence-electron chi connectivity index (χ1n) is 4.68. The third-order valence-electron chi connectivity index (χ3n) is 1.71. The predicted octanol–water partition coefficient (Wildman–Crippen LogP) is 1.33. The van der Waals surface area contributed by atoms with Crippen LogP contribution in [-0.4, -0.2) is 25.2 Å². The molecule has 0 fully saturated rings. The molecule has 0 heterocycles. The number of rotatable bonds is 4. The number of nitrogen functional groups attached to an aromatic ring is 1. The first-order chi connectivity index (χ1) is 7.87. The van der Waals surface area contributed by atoms with Gasteiger partial charge in [0, 0.05) is 11.8 Å². The van der Waals surface area contributed by atoms with Crippen molar-refractivity contribution in [3.05, 3.63) is 24.3 Å². The average molecular weight is 248 g/mol. The Kier molecular flexibility index (Phi) is 4.19. The number of nitrogens with two attached hydrogens (primary N) is 1. The molecule has 0 aliphatic carbocycles. The van der Waals surface area contributed by atoms with Gasteiger partial charge in [0.25, 0.3) is 5.91 Å². The van der Waals surface area contributed by atoms with E-state index in [1.165, 1.54) is 6.07 Å². The molecule has 0 saturated heterocycles. The van der Waals surface area contributed by atoms with Gasteiger partial charge in [-0.1, -0.05) is 6.07 Å². The fourth-order valence-electron chi connectivity index (χ4n) is 1.00. The van der Waals surface area contributed by atoms with Crippen molar-refractivity contribution in [2.45, 2.75) is 6.18 Å². The third kappa shape index (κ3) is 5.64. The van der Waals surface area contributed by atoms with Crippen molar-refractivity contribution in [3.63, 3.8) is 0 Å². The molecule has 17 heavy (non-hydrogen) atoms. The Bertz CT molecular complexity index is 393. The number of carbonyl (C=O) groups excluding carboxylic acids is 1. The lowest BCUT2D eigenvalue weighted by Crippen LogP contribution is -2.36. The van der Waals surface area contributed by atoms with Gasteiger partial charge in [-0.25, -0.2) is 0 Å². The minimum atomic E-state index is -4.42. The topological polar surface area (TPSA) is 64.3 Å². The van der Waals surface area contributed by atoms with Crippen molar-refractivity contribution in [1.82, 2.24) is 5.32 Å². The minimum Gasteiger partial charge on any atom is -0.484 e. The molecule has 0 aliphatic rings. The number of carbonyl (C=O) groups is 1. The quantitative estimate of drug-likeness (QED) is 0.790. The van der Waals surface area contributed by atoms with Crippen molar-refractivity contribution in [3.8, 4) is 5.75 Å². The standard InChI is InChI=1S/C10H11F3N2O2/c11-10(12,13)6-15-9(16)5-17-8-3-1-2-7(14)4-8/h1-4H,5-6,14H2,(H,15,16). The van der Waals surface area contributed by atoms with Gasteiger partial charge in [0.15, 0.2) is 6.61 Å². The van der Waals surface area contributed by atoms with Gasteiger partial charge in [0.2, 0.25) is 0 Å². The number of hydrogen-bond acceptors (Lipinski definition) is 3. The Morgan fingerprint density at radius 2 is 2.12 bits per heavy atom. The van der Waals surface area contributed by atoms with Crippen LogP contribution in [0.25, 0.3) is 0 Å². The zero-order valence-corrected chi connectivity index (χ0v) is 8.75. The van der Waals surface area contributed by atoms with Gasteiger partial charge in [-0.2, -0.15) is 13.2 Å². The van der Waals surface area contributed by atoms with E-state index in [-0.39, 0.29) is 0 Å². The second-order valence-corrected chi connectivity index (χ2v) is 3.25. The van der Waals surface area contributed by atoms with Crippen molar-refractivity contribution in [2.24, 2.45) is 0 Å². The Hall–Kier alpha value is -1.92. The molecule has 0 radical (unpaired) electrons. The van der Waals surface area contributed by atoms with Crippen LogP contribution < -0.4 is 15.8 Å². The largest absolute Gasteiger partial charge is 0.484 e. The van der Waals surface area contributed by atoms with Crippen LogP contribution in [0, 0.1) is 0 Å². The van der Waals surface area contributed by atoms with Crippen molar-refractivity contribution in [2.75, 3.05) is 18.9 Å². The molecule has 0 bridgehead atoms. The molecule has 7 heteroatoms. The maximum atomic E-state index is 11.8. The van der Waals surface area contributed by atoms with E-state index in [0.717, 1.165) is 0 Å². The molecule has 0 saturated carbocycles. The van der Waals surface area contributed by atoms with Crippen LogP contribution in [-0.2, 0) is 4.79 Å². The highest BCUT2D eigenvalue weighted by Gasteiger charge is 2.27. The summed E-state index contributed by atoms with van der Waals surface area (Å²) in [5.41, 5.74) is 5.89. The number of alkyl halides is 3. The van der Waals surface area contributed by atoms with E-state index in [4.69, 9.17) is 10.5 Å². The molecule has 3 N–H and O–H groups in total. The molecule has 0 aliphatic heterocycles. The van der Waals surface area contributed by atoms with E-state index in [1.54, 1.807) is 23.5 Å². The van der Waals surface area contributed by atoms with Gasteiger partial charge in [-0.15, -0.1) is 0 Å². The lowest BCUT2D eigenvalue weighted by molar-refractivity contribution is -0.139. The van der Waals surface area contributed by atoms with E-state index < -0.39 is 25.2 Å². The van der Waals surface area contributed by atoms with Crippen LogP contribution in [0.4, 0.5) is 18.9 Å². The number of halogens is 3. The van der Waals surface area contributed by atoms with Crippen LogP contribution in [0.3, 0.4) is 0 Å². The Labute approximate surface area is 95.6 Å². The van der Waals surface area contributed by atoms with Crippen LogP contribution in [0.15, 0.2) is 24.3 Å². The van der Waals surface area contributed by atoms with Crippen LogP contribution >= 0.6 is 0 Å². The first-order valence-corrected chi connectivity index (χ1v) is 4.68. The number of amides is 1. The van der Waals surface area contributed by atoms with E-state index in [1.807, 2.05) is 0 Å². The molecule has 1 amide bonds. The van der Waals surface area contributed by atoms with E-state index in [0.29, 0.717) is 11.4 Å². The Morgan fingerprint density at radius 3 is 2.71 bits per heavy atom. The third-order valence-corrected chi connectivity index (χ3v) is 1.71. The second-order valence-electron chi connectivity index (χ2n) is 3.25. The maximum Gasteiger partial charge on any atom is 0.405 e. The zero-order valence-electron chi connectivity index (χ0n) is 8.75. The summed E-state index contributed by atoms with van der Waals surface area (Å²) in [6, 6.07) is 6.25. The molecule has 0 atom stereocenters. The van der Waals surface area contributed by atoms with Crippen LogP contribution in [0.2, 0.25) is 0 Å². The molecule has 4 nitrogen and oxygen atoms in total. The summed E-state index contributed by atoms with van der Waals surface area (Å²) >= 11 is 0. The summed E-state index contributed by atoms with van der Waals surface area (Å²) in [5, 5.41) is 1.69. The fourth-order valence-corrected chi connectivity index (χ4v) is 1.00. The number of ether oxygens (including phenoxy) is 1. The van der Waals surface area contributed by atoms with Gasteiger partial charge in [-0.3, -0.25) is 4.79 Å². The molecular formula is C10H11F3N2O2. The minimum absolute atomic E-state index is 0.326. The molecule has 94 valence electrons. The highest BCUT2D eigenvalue weighted by molar-refractivity contribution is 5.77. The van der Waals surface area contributed by atoms with E-state index in [2.05, 4.69) is 0 Å². The smallest absolute Gasteiger partial charge is 0.405 e. The van der Waals surface area contributed by atoms with Crippen molar-refractivity contribution in [1.29, 1.82) is 0 Å². The molecule has 1 aromatic carbocycles. The number of nitrogens with one attached hydrogen (secondary N) is 1. The molecule has 1 aromatic rings. The summed E-state index contributed by atoms with van der Waals surface area (Å²) in [6.45, 7) is -1.86. The lowest BCUT2D eigenvalue weighted by atomic mass is 10.3. The molecule has 0 unspecified atom stereocenters. The molecule has 1 rings (SSSR count). The normalized spacial score (nSPS) is 11.0. The molecule has 0 aromatic heterocycles. The second kappa shape index (κ2) is 5.42. The predicted molar refractivity (Wildman–Crippen MR) is 55.4 cm³/mol. The van der Waals surface area contributed by atoms with Gasteiger partial charge in [-0.05, 0) is 12.1 Å². The van der Waals surface area contributed by atoms with Crippen molar-refractivity contribution < 1.29 is 22.7 Å². The van der Waals surface area contributed by atoms with Gasteiger partial charge in [0.05, 0.1) is 0 Å². The summed E-state index contributed by atoms with van der Waals surface area (Å²) in [4.78, 5) is 11.0. The van der Waals surface area contributed by atoms with Gasteiger partial charge < -0.3 is 15.8 Å². The highest BCUT2D eigenvalue weighted by Crippen LogP contribution is 2.14. The SMILES string of the molecule is Nc1cccc(OCC(=O)NCC(F)(F)F)c1. The first kappa shape index (κ1) is 13.1. The Balaban J connectivity index is 2.33. The number of benzene rings is 1. The Morgan fingerprint density at radius 1 is 1.41 bits per heavy atom. The lowest BCUT2D eigenvalue weighted by Gasteiger charge is -2.09. The van der Waals surface area contributed by atoms with Crippen LogP contribution in [0.5, 0.6) is 5.75 Å². The fraction of sp³-hybridized carbons (Fsp3) is 0.300. The van der Waals surface area contributed by atoms with E-state index in [9.17, 15) is 18.0 Å². The van der Waals surface area contributed by atoms with Gasteiger partial charge >= 0.3 is 6.18 Å². The number of anilines is 1. The summed E-state index contributed by atoms with van der Waals surface area (Å²) < 4.78 is 40.2. The highest BCUT2D eigenvalue weighted by atomic mass is 19.4. The summed E-state index contributed by atoms with van der Waals surface area (Å²) in [5.74, 6) is -0.517. The number of hydrogen-bond donors (Lipinski definition) is 2. The van der Waals surface area contributed by atoms with Crippen LogP contribution in [0.1, 0.15) is 0 Å². The van der Waals surface area contributed by atoms with Crippen molar-refractivity contribution >= 4 is 11.6 Å². The summed E-state index contributed by atoms with van der Waals surface area (Å²) in [7, 11) is 0. The molecule has 0 spiro atoms. The average Bonchev–Trinajstić information content (AvgIpc) is 2.23. The monoisotopic (exact) mass is 248 g/mol. The van der Waals surface area contributed by atoms with Gasteiger partial charge in [0.1, 0.15) is 12.3 Å². The molecular weight excluding hydrogens is 237 g/mol. The maximum absolute atomic E-state index is 11.8. The zero-order chi connectivity index (χ0) is 12.9.